The van der Waals surface area contributed by atoms with E-state index in [2.05, 4.69) is 32.0 Å². The third-order valence-electron chi connectivity index (χ3n) is 3.29. The zero-order valence-corrected chi connectivity index (χ0v) is 10.3. The molecule has 86 valence electrons. The summed E-state index contributed by atoms with van der Waals surface area (Å²) >= 11 is 0. The smallest absolute Gasteiger partial charge is 0.166 e. The molecule has 0 radical (unpaired) electrons. The van der Waals surface area contributed by atoms with Crippen LogP contribution in [0.1, 0.15) is 27.9 Å². The third-order valence-corrected chi connectivity index (χ3v) is 3.29. The molecular formula is C14H19NO. The predicted octanol–water partition coefficient (Wildman–Crippen LogP) is 2.30. The zero-order valence-electron chi connectivity index (χ0n) is 10.3. The first-order valence-corrected chi connectivity index (χ1v) is 5.86. The maximum atomic E-state index is 12.1. The average molecular weight is 217 g/mol. The molecule has 16 heavy (non-hydrogen) atoms. The maximum Gasteiger partial charge on any atom is 0.166 e. The molecule has 0 aliphatic heterocycles. The molecule has 1 aliphatic carbocycles. The van der Waals surface area contributed by atoms with Gasteiger partial charge in [-0.3, -0.25) is 4.79 Å². The van der Waals surface area contributed by atoms with Crippen molar-refractivity contribution in [1.29, 1.82) is 0 Å². The van der Waals surface area contributed by atoms with Gasteiger partial charge in [0.1, 0.15) is 0 Å². The van der Waals surface area contributed by atoms with Gasteiger partial charge in [-0.15, -0.1) is 0 Å². The molecule has 0 spiro atoms. The first-order chi connectivity index (χ1) is 7.58. The van der Waals surface area contributed by atoms with E-state index in [1.807, 2.05) is 12.1 Å². The van der Waals surface area contributed by atoms with Gasteiger partial charge >= 0.3 is 0 Å². The number of benzene rings is 1. The maximum absolute atomic E-state index is 12.1. The molecule has 0 fully saturated rings. The van der Waals surface area contributed by atoms with Gasteiger partial charge in [-0.2, -0.15) is 0 Å². The Kier molecular flexibility index (Phi) is 3.10. The van der Waals surface area contributed by atoms with E-state index in [0.29, 0.717) is 5.78 Å². The second-order valence-electron chi connectivity index (χ2n) is 5.02. The number of carbonyl (C=O) groups excluding carboxylic acids is 1. The van der Waals surface area contributed by atoms with E-state index in [1.54, 1.807) is 0 Å². The van der Waals surface area contributed by atoms with E-state index in [9.17, 15) is 4.79 Å². The first kappa shape index (κ1) is 11.3. The van der Waals surface area contributed by atoms with Crippen molar-refractivity contribution in [3.05, 3.63) is 34.9 Å². The quantitative estimate of drug-likeness (QED) is 0.774. The summed E-state index contributed by atoms with van der Waals surface area (Å²) in [5.41, 5.74) is 3.45. The van der Waals surface area contributed by atoms with Crippen LogP contribution in [0.3, 0.4) is 0 Å². The SMILES string of the molecule is Cc1ccc2c(c1)C[C@H](CCN(C)C)C2=O. The van der Waals surface area contributed by atoms with E-state index in [-0.39, 0.29) is 5.92 Å². The van der Waals surface area contributed by atoms with Crippen LogP contribution >= 0.6 is 0 Å². The number of nitrogens with zero attached hydrogens (tertiary/aromatic N) is 1. The molecule has 2 nitrogen and oxygen atoms in total. The minimum Gasteiger partial charge on any atom is -0.309 e. The highest BCUT2D eigenvalue weighted by Gasteiger charge is 2.29. The molecule has 2 rings (SSSR count). The number of carbonyl (C=O) groups is 1. The monoisotopic (exact) mass is 217 g/mol. The van der Waals surface area contributed by atoms with Crippen molar-refractivity contribution < 1.29 is 4.79 Å². The Morgan fingerprint density at radius 3 is 2.81 bits per heavy atom. The van der Waals surface area contributed by atoms with Crippen LogP contribution in [-0.4, -0.2) is 31.3 Å². The molecule has 0 bridgehead atoms. The number of hydrogen-bond acceptors (Lipinski definition) is 2. The molecular weight excluding hydrogens is 198 g/mol. The zero-order chi connectivity index (χ0) is 11.7. The van der Waals surface area contributed by atoms with Gasteiger partial charge in [-0.25, -0.2) is 0 Å². The van der Waals surface area contributed by atoms with Crippen molar-refractivity contribution >= 4 is 5.78 Å². The molecule has 0 aromatic heterocycles. The number of ketones is 1. The van der Waals surface area contributed by atoms with Crippen molar-refractivity contribution in [2.75, 3.05) is 20.6 Å². The molecule has 0 heterocycles. The summed E-state index contributed by atoms with van der Waals surface area (Å²) < 4.78 is 0. The second kappa shape index (κ2) is 4.38. The van der Waals surface area contributed by atoms with Crippen molar-refractivity contribution in [3.63, 3.8) is 0 Å². The van der Waals surface area contributed by atoms with Crippen LogP contribution < -0.4 is 0 Å². The van der Waals surface area contributed by atoms with Gasteiger partial charge in [0.05, 0.1) is 0 Å². The number of Topliss-reactive ketones (excluding diaryl/α,β-unsaturated/α-hetero) is 1. The molecule has 1 aromatic rings. The largest absolute Gasteiger partial charge is 0.309 e. The summed E-state index contributed by atoms with van der Waals surface area (Å²) in [6, 6.07) is 6.18. The lowest BCUT2D eigenvalue weighted by molar-refractivity contribution is 0.0925. The fourth-order valence-electron chi connectivity index (χ4n) is 2.36. The van der Waals surface area contributed by atoms with E-state index in [4.69, 9.17) is 0 Å². The predicted molar refractivity (Wildman–Crippen MR) is 65.9 cm³/mol. The molecule has 1 aromatic carbocycles. The van der Waals surface area contributed by atoms with Gasteiger partial charge in [0, 0.05) is 11.5 Å². The highest BCUT2D eigenvalue weighted by molar-refractivity contribution is 6.02. The van der Waals surface area contributed by atoms with E-state index in [1.165, 1.54) is 11.1 Å². The van der Waals surface area contributed by atoms with Crippen molar-refractivity contribution in [3.8, 4) is 0 Å². The van der Waals surface area contributed by atoms with Crippen molar-refractivity contribution in [2.45, 2.75) is 19.8 Å². The molecule has 0 N–H and O–H groups in total. The van der Waals surface area contributed by atoms with Crippen LogP contribution in [0.4, 0.5) is 0 Å². The normalized spacial score (nSPS) is 19.2. The topological polar surface area (TPSA) is 20.3 Å². The summed E-state index contributed by atoms with van der Waals surface area (Å²) in [6.45, 7) is 3.07. The van der Waals surface area contributed by atoms with Gasteiger partial charge in [0.15, 0.2) is 5.78 Å². The summed E-state index contributed by atoms with van der Waals surface area (Å²) in [7, 11) is 4.10. The number of rotatable bonds is 3. The Morgan fingerprint density at radius 1 is 1.38 bits per heavy atom. The second-order valence-corrected chi connectivity index (χ2v) is 5.02. The van der Waals surface area contributed by atoms with E-state index in [0.717, 1.165) is 24.9 Å². The van der Waals surface area contributed by atoms with Crippen LogP contribution in [0, 0.1) is 12.8 Å². The van der Waals surface area contributed by atoms with Gasteiger partial charge in [-0.05, 0) is 46.0 Å². The summed E-state index contributed by atoms with van der Waals surface area (Å²) in [4.78, 5) is 14.2. The number of fused-ring (bicyclic) bond motifs is 1. The summed E-state index contributed by atoms with van der Waals surface area (Å²) in [5.74, 6) is 0.552. The van der Waals surface area contributed by atoms with Gasteiger partial charge in [0.2, 0.25) is 0 Å². The lowest BCUT2D eigenvalue weighted by Crippen LogP contribution is -2.19. The molecule has 0 saturated heterocycles. The highest BCUT2D eigenvalue weighted by atomic mass is 16.1. The minimum atomic E-state index is 0.208. The summed E-state index contributed by atoms with van der Waals surface area (Å²) in [6.07, 6.45) is 1.91. The Bertz CT molecular complexity index is 409. The molecule has 1 atom stereocenters. The lowest BCUT2D eigenvalue weighted by atomic mass is 10.0. The summed E-state index contributed by atoms with van der Waals surface area (Å²) in [5, 5.41) is 0. The van der Waals surface area contributed by atoms with Crippen molar-refractivity contribution in [2.24, 2.45) is 5.92 Å². The standard InChI is InChI=1S/C14H19NO/c1-10-4-5-13-12(8-10)9-11(14(13)16)6-7-15(2)3/h4-5,8,11H,6-7,9H2,1-3H3/t11-/m0/s1. The molecule has 2 heteroatoms. The molecule has 0 saturated carbocycles. The Labute approximate surface area is 97.3 Å². The fourth-order valence-corrected chi connectivity index (χ4v) is 2.36. The van der Waals surface area contributed by atoms with Crippen LogP contribution in [0.2, 0.25) is 0 Å². The fraction of sp³-hybridized carbons (Fsp3) is 0.500. The van der Waals surface area contributed by atoms with E-state index >= 15 is 0 Å². The Hall–Kier alpha value is -1.15. The van der Waals surface area contributed by atoms with Crippen LogP contribution in [-0.2, 0) is 6.42 Å². The molecule has 0 amide bonds. The molecule has 0 unspecified atom stereocenters. The minimum absolute atomic E-state index is 0.208. The van der Waals surface area contributed by atoms with Crippen LogP contribution in [0.25, 0.3) is 0 Å². The van der Waals surface area contributed by atoms with E-state index < -0.39 is 0 Å². The van der Waals surface area contributed by atoms with Crippen LogP contribution in [0.15, 0.2) is 18.2 Å². The van der Waals surface area contributed by atoms with Gasteiger partial charge in [-0.1, -0.05) is 23.8 Å². The van der Waals surface area contributed by atoms with Crippen LogP contribution in [0.5, 0.6) is 0 Å². The van der Waals surface area contributed by atoms with Gasteiger partial charge < -0.3 is 4.90 Å². The Morgan fingerprint density at radius 2 is 2.12 bits per heavy atom. The highest BCUT2D eigenvalue weighted by Crippen LogP contribution is 2.29. The Balaban J connectivity index is 2.11. The molecule has 1 aliphatic rings. The number of aryl methyl sites for hydroxylation is 1. The average Bonchev–Trinajstić information content (AvgIpc) is 2.52. The third kappa shape index (κ3) is 2.17. The van der Waals surface area contributed by atoms with Crippen molar-refractivity contribution in [1.82, 2.24) is 4.90 Å². The first-order valence-electron chi connectivity index (χ1n) is 5.86. The van der Waals surface area contributed by atoms with Gasteiger partial charge in [0.25, 0.3) is 0 Å². The number of hydrogen-bond donors (Lipinski definition) is 0. The lowest BCUT2D eigenvalue weighted by Gasteiger charge is -2.12.